The molecule has 0 fully saturated rings. The van der Waals surface area contributed by atoms with Gasteiger partial charge in [-0.1, -0.05) is 0 Å². The van der Waals surface area contributed by atoms with Crippen LogP contribution in [-0.4, -0.2) is 54.2 Å². The van der Waals surface area contributed by atoms with Gasteiger partial charge in [0.1, 0.15) is 0 Å². The lowest BCUT2D eigenvalue weighted by Crippen LogP contribution is -2.37. The molecule has 1 heterocycles. The van der Waals surface area contributed by atoms with Gasteiger partial charge in [-0.15, -0.1) is 0 Å². The van der Waals surface area contributed by atoms with E-state index in [-0.39, 0.29) is 12.5 Å². The highest BCUT2D eigenvalue weighted by Gasteiger charge is 2.13. The maximum Gasteiger partial charge on any atom is 0.241 e. The van der Waals surface area contributed by atoms with Crippen LogP contribution in [0.3, 0.4) is 0 Å². The van der Waals surface area contributed by atoms with Crippen LogP contribution in [0.25, 0.3) is 0 Å². The molecule has 6 heteroatoms. The number of rotatable bonds is 5. The Labute approximate surface area is 100 Å². The van der Waals surface area contributed by atoms with E-state index < -0.39 is 0 Å². The summed E-state index contributed by atoms with van der Waals surface area (Å²) < 4.78 is 0. The van der Waals surface area contributed by atoms with Crippen molar-refractivity contribution in [1.29, 1.82) is 0 Å². The van der Waals surface area contributed by atoms with Crippen molar-refractivity contribution in [3.63, 3.8) is 0 Å². The zero-order valence-corrected chi connectivity index (χ0v) is 10.3. The third-order valence-corrected chi connectivity index (χ3v) is 2.28. The molecular weight excluding hydrogens is 220 g/mol. The first-order valence-corrected chi connectivity index (χ1v) is 5.30. The van der Waals surface area contributed by atoms with Crippen LogP contribution >= 0.6 is 0 Å². The molecular formula is C11H16N4O2. The van der Waals surface area contributed by atoms with Crippen molar-refractivity contribution < 1.29 is 9.59 Å². The van der Waals surface area contributed by atoms with Crippen LogP contribution in [0.1, 0.15) is 17.3 Å². The van der Waals surface area contributed by atoms with Crippen LogP contribution in [0.15, 0.2) is 12.4 Å². The maximum atomic E-state index is 11.6. The second-order valence-electron chi connectivity index (χ2n) is 3.74. The summed E-state index contributed by atoms with van der Waals surface area (Å²) in [4.78, 5) is 33.4. The summed E-state index contributed by atoms with van der Waals surface area (Å²) in [6.45, 7) is 2.77. The van der Waals surface area contributed by atoms with Crippen LogP contribution in [0.2, 0.25) is 0 Å². The standard InChI is InChI=1S/C11H16N4O2/c1-4-15(7-10(17)14(2)3)11-12-5-9(8-16)6-13-11/h5-6,8H,4,7H2,1-3H3. The molecule has 0 spiro atoms. The highest BCUT2D eigenvalue weighted by atomic mass is 16.2. The van der Waals surface area contributed by atoms with Gasteiger partial charge in [-0.05, 0) is 6.92 Å². The SMILES string of the molecule is CCN(CC(=O)N(C)C)c1ncc(C=O)cn1. The minimum absolute atomic E-state index is 0.0186. The van der Waals surface area contributed by atoms with Crippen molar-refractivity contribution in [2.24, 2.45) is 0 Å². The third kappa shape index (κ3) is 3.51. The molecule has 0 N–H and O–H groups in total. The van der Waals surface area contributed by atoms with E-state index in [0.29, 0.717) is 24.3 Å². The number of carbonyl (C=O) groups is 2. The molecule has 1 rings (SSSR count). The van der Waals surface area contributed by atoms with Crippen molar-refractivity contribution in [3.05, 3.63) is 18.0 Å². The Hall–Kier alpha value is -1.98. The number of aromatic nitrogens is 2. The smallest absolute Gasteiger partial charge is 0.241 e. The van der Waals surface area contributed by atoms with E-state index in [9.17, 15) is 9.59 Å². The van der Waals surface area contributed by atoms with Gasteiger partial charge in [0, 0.05) is 33.0 Å². The van der Waals surface area contributed by atoms with Crippen molar-refractivity contribution in [2.75, 3.05) is 32.1 Å². The number of hydrogen-bond acceptors (Lipinski definition) is 5. The Morgan fingerprint density at radius 2 is 1.94 bits per heavy atom. The van der Waals surface area contributed by atoms with Crippen LogP contribution in [0, 0.1) is 0 Å². The van der Waals surface area contributed by atoms with E-state index in [4.69, 9.17) is 0 Å². The quantitative estimate of drug-likeness (QED) is 0.683. The van der Waals surface area contributed by atoms with Gasteiger partial charge < -0.3 is 9.80 Å². The molecule has 92 valence electrons. The van der Waals surface area contributed by atoms with E-state index in [1.54, 1.807) is 19.0 Å². The van der Waals surface area contributed by atoms with Gasteiger partial charge in [0.25, 0.3) is 0 Å². The Bertz CT molecular complexity index is 389. The van der Waals surface area contributed by atoms with Crippen molar-refractivity contribution in [1.82, 2.24) is 14.9 Å². The van der Waals surface area contributed by atoms with E-state index in [2.05, 4.69) is 9.97 Å². The fourth-order valence-corrected chi connectivity index (χ4v) is 1.18. The van der Waals surface area contributed by atoms with Gasteiger partial charge in [0.05, 0.1) is 12.1 Å². The molecule has 0 saturated heterocycles. The molecule has 0 aliphatic carbocycles. The fraction of sp³-hybridized carbons (Fsp3) is 0.455. The predicted octanol–water partition coefficient (Wildman–Crippen LogP) is 0.204. The Morgan fingerprint density at radius 1 is 1.35 bits per heavy atom. The lowest BCUT2D eigenvalue weighted by atomic mass is 10.4. The molecule has 6 nitrogen and oxygen atoms in total. The first kappa shape index (κ1) is 13.1. The number of anilines is 1. The van der Waals surface area contributed by atoms with E-state index in [1.165, 1.54) is 17.3 Å². The third-order valence-electron chi connectivity index (χ3n) is 2.28. The first-order chi connectivity index (χ1) is 8.08. The van der Waals surface area contributed by atoms with Gasteiger partial charge in [0.15, 0.2) is 6.29 Å². The minimum Gasteiger partial charge on any atom is -0.347 e. The molecule has 1 amide bonds. The van der Waals surface area contributed by atoms with E-state index in [0.717, 1.165) is 0 Å². The van der Waals surface area contributed by atoms with Gasteiger partial charge in [-0.3, -0.25) is 9.59 Å². The normalized spacial score (nSPS) is 9.82. The topological polar surface area (TPSA) is 66.4 Å². The number of nitrogens with zero attached hydrogens (tertiary/aromatic N) is 4. The molecule has 0 saturated carbocycles. The molecule has 17 heavy (non-hydrogen) atoms. The maximum absolute atomic E-state index is 11.6. The fourth-order valence-electron chi connectivity index (χ4n) is 1.18. The van der Waals surface area contributed by atoms with E-state index >= 15 is 0 Å². The zero-order chi connectivity index (χ0) is 12.8. The van der Waals surface area contributed by atoms with Gasteiger partial charge >= 0.3 is 0 Å². The largest absolute Gasteiger partial charge is 0.347 e. The summed E-state index contributed by atoms with van der Waals surface area (Å²) >= 11 is 0. The molecule has 0 atom stereocenters. The van der Waals surface area contributed by atoms with Crippen molar-refractivity contribution >= 4 is 18.1 Å². The highest BCUT2D eigenvalue weighted by Crippen LogP contribution is 2.06. The summed E-state index contributed by atoms with van der Waals surface area (Å²) in [6, 6.07) is 0. The number of hydrogen-bond donors (Lipinski definition) is 0. The van der Waals surface area contributed by atoms with E-state index in [1.807, 2.05) is 6.92 Å². The average molecular weight is 236 g/mol. The van der Waals surface area contributed by atoms with Crippen LogP contribution in [-0.2, 0) is 4.79 Å². The number of likely N-dealkylation sites (N-methyl/N-ethyl adjacent to an activating group) is 2. The van der Waals surface area contributed by atoms with Gasteiger partial charge in [-0.2, -0.15) is 0 Å². The molecule has 0 aliphatic rings. The molecule has 0 radical (unpaired) electrons. The summed E-state index contributed by atoms with van der Waals surface area (Å²) in [5.41, 5.74) is 0.420. The number of carbonyl (C=O) groups excluding carboxylic acids is 2. The molecule has 1 aromatic rings. The first-order valence-electron chi connectivity index (χ1n) is 5.30. The summed E-state index contributed by atoms with van der Waals surface area (Å²) in [6.07, 6.45) is 3.57. The summed E-state index contributed by atoms with van der Waals surface area (Å²) in [5.74, 6) is 0.434. The zero-order valence-electron chi connectivity index (χ0n) is 10.3. The lowest BCUT2D eigenvalue weighted by molar-refractivity contribution is -0.127. The van der Waals surface area contributed by atoms with Crippen LogP contribution < -0.4 is 4.90 Å². The summed E-state index contributed by atoms with van der Waals surface area (Å²) in [7, 11) is 3.40. The van der Waals surface area contributed by atoms with Crippen LogP contribution in [0.4, 0.5) is 5.95 Å². The van der Waals surface area contributed by atoms with Gasteiger partial charge in [-0.25, -0.2) is 9.97 Å². The molecule has 0 unspecified atom stereocenters. The Balaban J connectivity index is 2.78. The highest BCUT2D eigenvalue weighted by molar-refractivity contribution is 5.80. The Morgan fingerprint density at radius 3 is 2.35 bits per heavy atom. The molecule has 1 aromatic heterocycles. The molecule has 0 bridgehead atoms. The van der Waals surface area contributed by atoms with Crippen molar-refractivity contribution in [3.8, 4) is 0 Å². The van der Waals surface area contributed by atoms with Crippen molar-refractivity contribution in [2.45, 2.75) is 6.92 Å². The number of amides is 1. The monoisotopic (exact) mass is 236 g/mol. The Kier molecular flexibility index (Phi) is 4.56. The molecule has 0 aromatic carbocycles. The van der Waals surface area contributed by atoms with Gasteiger partial charge in [0.2, 0.25) is 11.9 Å². The number of aldehydes is 1. The average Bonchev–Trinajstić information content (AvgIpc) is 2.35. The second-order valence-corrected chi connectivity index (χ2v) is 3.74. The predicted molar refractivity (Wildman–Crippen MR) is 64.0 cm³/mol. The minimum atomic E-state index is -0.0186. The second kappa shape index (κ2) is 5.93. The van der Waals surface area contributed by atoms with Crippen LogP contribution in [0.5, 0.6) is 0 Å². The summed E-state index contributed by atoms with van der Waals surface area (Å²) in [5, 5.41) is 0. The molecule has 0 aliphatic heterocycles. The lowest BCUT2D eigenvalue weighted by Gasteiger charge is -2.21.